The van der Waals surface area contributed by atoms with E-state index in [0.717, 1.165) is 29.9 Å². The number of rotatable bonds is 3. The summed E-state index contributed by atoms with van der Waals surface area (Å²) in [4.78, 5) is 17.6. The summed E-state index contributed by atoms with van der Waals surface area (Å²) in [5, 5.41) is 17.4. The zero-order chi connectivity index (χ0) is 19.1. The average molecular weight is 369 g/mol. The Morgan fingerprint density at radius 1 is 1.19 bits per heavy atom. The van der Waals surface area contributed by atoms with Gasteiger partial charge >= 0.3 is 0 Å². The van der Waals surface area contributed by atoms with Crippen LogP contribution < -0.4 is 5.32 Å². The molecule has 0 unspecified atom stereocenters. The molecule has 4 rings (SSSR count). The Labute approximate surface area is 156 Å². The molecule has 7 heteroatoms. The fraction of sp³-hybridized carbons (Fsp3) is 0.450. The standard InChI is InChI=1S/C20H23N3O4/c1-10-8-15(12(3)26-10)17-9-16(18-11(2)23-27-20(18)22-17)19(25)21-13-4-6-14(24)7-5-13/h8-9,13-14,24H,4-7H2,1-3H3,(H,21,25). The van der Waals surface area contributed by atoms with Gasteiger partial charge in [-0.2, -0.15) is 0 Å². The second kappa shape index (κ2) is 6.81. The molecule has 27 heavy (non-hydrogen) atoms. The largest absolute Gasteiger partial charge is 0.466 e. The molecule has 0 radical (unpaired) electrons. The van der Waals surface area contributed by atoms with E-state index >= 15 is 0 Å². The minimum absolute atomic E-state index is 0.0608. The number of hydrogen-bond acceptors (Lipinski definition) is 6. The van der Waals surface area contributed by atoms with Gasteiger partial charge in [-0.3, -0.25) is 4.79 Å². The summed E-state index contributed by atoms with van der Waals surface area (Å²) < 4.78 is 11.0. The molecule has 0 bridgehead atoms. The van der Waals surface area contributed by atoms with Crippen molar-refractivity contribution in [1.29, 1.82) is 0 Å². The lowest BCUT2D eigenvalue weighted by Gasteiger charge is -2.26. The number of nitrogens with one attached hydrogen (secondary N) is 1. The molecule has 7 nitrogen and oxygen atoms in total. The van der Waals surface area contributed by atoms with Crippen molar-refractivity contribution in [3.05, 3.63) is 34.9 Å². The Balaban J connectivity index is 1.73. The number of carbonyl (C=O) groups excluding carboxylic acids is 1. The van der Waals surface area contributed by atoms with E-state index in [1.165, 1.54) is 0 Å². The number of aryl methyl sites for hydroxylation is 3. The fourth-order valence-electron chi connectivity index (χ4n) is 3.78. The molecule has 1 amide bonds. The van der Waals surface area contributed by atoms with Crippen LogP contribution in [-0.4, -0.2) is 33.3 Å². The van der Waals surface area contributed by atoms with Crippen LogP contribution in [0.5, 0.6) is 0 Å². The zero-order valence-corrected chi connectivity index (χ0v) is 15.7. The predicted molar refractivity (Wildman–Crippen MR) is 99.4 cm³/mol. The van der Waals surface area contributed by atoms with E-state index in [2.05, 4.69) is 15.5 Å². The molecule has 1 aliphatic rings. The molecular formula is C20H23N3O4. The first-order valence-corrected chi connectivity index (χ1v) is 9.25. The maximum Gasteiger partial charge on any atom is 0.259 e. The van der Waals surface area contributed by atoms with Crippen LogP contribution in [0.2, 0.25) is 0 Å². The van der Waals surface area contributed by atoms with Crippen LogP contribution in [0.1, 0.15) is 53.3 Å². The quantitative estimate of drug-likeness (QED) is 0.733. The number of aliphatic hydroxyl groups is 1. The summed E-state index contributed by atoms with van der Waals surface area (Å²) in [6.07, 6.45) is 2.71. The van der Waals surface area contributed by atoms with E-state index in [1.54, 1.807) is 13.0 Å². The molecule has 3 heterocycles. The number of nitrogens with zero attached hydrogens (tertiary/aromatic N) is 2. The lowest BCUT2D eigenvalue weighted by atomic mass is 9.93. The van der Waals surface area contributed by atoms with Gasteiger partial charge in [0.25, 0.3) is 11.6 Å². The van der Waals surface area contributed by atoms with Gasteiger partial charge in [0.05, 0.1) is 28.4 Å². The Kier molecular flexibility index (Phi) is 4.47. The van der Waals surface area contributed by atoms with Crippen LogP contribution in [0.15, 0.2) is 21.1 Å². The highest BCUT2D eigenvalue weighted by molar-refractivity contribution is 6.07. The molecule has 1 fully saturated rings. The molecule has 0 atom stereocenters. The van der Waals surface area contributed by atoms with Gasteiger partial charge in [0.1, 0.15) is 11.5 Å². The maximum absolute atomic E-state index is 13.0. The van der Waals surface area contributed by atoms with Crippen LogP contribution in [0, 0.1) is 20.8 Å². The summed E-state index contributed by atoms with van der Waals surface area (Å²) in [5.41, 5.74) is 2.93. The van der Waals surface area contributed by atoms with Gasteiger partial charge in [-0.15, -0.1) is 0 Å². The minimum Gasteiger partial charge on any atom is -0.466 e. The number of fused-ring (bicyclic) bond motifs is 1. The van der Waals surface area contributed by atoms with Crippen LogP contribution in [0.25, 0.3) is 22.4 Å². The summed E-state index contributed by atoms with van der Waals surface area (Å²) >= 11 is 0. The Bertz CT molecular complexity index is 996. The van der Waals surface area contributed by atoms with Crippen molar-refractivity contribution < 1.29 is 18.8 Å². The molecule has 0 saturated heterocycles. The van der Waals surface area contributed by atoms with Gasteiger partial charge in [-0.25, -0.2) is 4.98 Å². The first-order valence-electron chi connectivity index (χ1n) is 9.25. The number of carbonyl (C=O) groups is 1. The Morgan fingerprint density at radius 3 is 2.59 bits per heavy atom. The second-order valence-electron chi connectivity index (χ2n) is 7.31. The fourth-order valence-corrected chi connectivity index (χ4v) is 3.78. The SMILES string of the molecule is Cc1cc(-c2cc(C(=O)NC3CCC(O)CC3)c3c(C)noc3n2)c(C)o1. The minimum atomic E-state index is -0.259. The summed E-state index contributed by atoms with van der Waals surface area (Å²) in [5.74, 6) is 1.35. The lowest BCUT2D eigenvalue weighted by molar-refractivity contribution is 0.0869. The number of hydrogen-bond donors (Lipinski definition) is 2. The summed E-state index contributed by atoms with van der Waals surface area (Å²) in [6, 6.07) is 3.74. The van der Waals surface area contributed by atoms with Crippen molar-refractivity contribution in [3.8, 4) is 11.3 Å². The predicted octanol–water partition coefficient (Wildman–Crippen LogP) is 3.44. The third-order valence-electron chi connectivity index (χ3n) is 5.21. The monoisotopic (exact) mass is 369 g/mol. The van der Waals surface area contributed by atoms with Gasteiger partial charge in [-0.05, 0) is 58.6 Å². The van der Waals surface area contributed by atoms with Gasteiger partial charge in [0.2, 0.25) is 0 Å². The molecule has 0 aromatic carbocycles. The van der Waals surface area contributed by atoms with Crippen LogP contribution in [0.4, 0.5) is 0 Å². The number of aliphatic hydroxyl groups excluding tert-OH is 1. The van der Waals surface area contributed by atoms with E-state index < -0.39 is 0 Å². The Morgan fingerprint density at radius 2 is 1.93 bits per heavy atom. The topological polar surface area (TPSA) is 101 Å². The maximum atomic E-state index is 13.0. The molecular weight excluding hydrogens is 346 g/mol. The normalized spacial score (nSPS) is 20.1. The first kappa shape index (κ1) is 17.7. The molecule has 2 N–H and O–H groups in total. The smallest absolute Gasteiger partial charge is 0.259 e. The van der Waals surface area contributed by atoms with Gasteiger partial charge in [-0.1, -0.05) is 5.16 Å². The summed E-state index contributed by atoms with van der Waals surface area (Å²) in [6.45, 7) is 5.54. The zero-order valence-electron chi connectivity index (χ0n) is 15.7. The van der Waals surface area contributed by atoms with Gasteiger partial charge in [0, 0.05) is 11.6 Å². The molecule has 3 aromatic rings. The second-order valence-corrected chi connectivity index (χ2v) is 7.31. The van der Waals surface area contributed by atoms with E-state index in [-0.39, 0.29) is 18.1 Å². The molecule has 0 aliphatic heterocycles. The van der Waals surface area contributed by atoms with Crippen molar-refractivity contribution >= 4 is 17.0 Å². The van der Waals surface area contributed by atoms with Crippen molar-refractivity contribution in [2.45, 2.75) is 58.6 Å². The highest BCUT2D eigenvalue weighted by Gasteiger charge is 2.25. The number of furan rings is 1. The average Bonchev–Trinajstić information content (AvgIpc) is 3.18. The van der Waals surface area contributed by atoms with Crippen molar-refractivity contribution in [2.75, 3.05) is 0 Å². The van der Waals surface area contributed by atoms with Crippen molar-refractivity contribution in [3.63, 3.8) is 0 Å². The molecule has 0 spiro atoms. The number of pyridine rings is 1. The van der Waals surface area contributed by atoms with Crippen molar-refractivity contribution in [2.24, 2.45) is 0 Å². The van der Waals surface area contributed by atoms with Crippen LogP contribution in [-0.2, 0) is 0 Å². The van der Waals surface area contributed by atoms with Gasteiger partial charge in [0.15, 0.2) is 0 Å². The highest BCUT2D eigenvalue weighted by atomic mass is 16.5. The number of aromatic nitrogens is 2. The van der Waals surface area contributed by atoms with Crippen molar-refractivity contribution in [1.82, 2.24) is 15.5 Å². The molecule has 3 aromatic heterocycles. The van der Waals surface area contributed by atoms with E-state index in [4.69, 9.17) is 8.94 Å². The lowest BCUT2D eigenvalue weighted by Crippen LogP contribution is -2.38. The highest BCUT2D eigenvalue weighted by Crippen LogP contribution is 2.30. The third-order valence-corrected chi connectivity index (χ3v) is 5.21. The number of amides is 1. The van der Waals surface area contributed by atoms with E-state index in [9.17, 15) is 9.90 Å². The van der Waals surface area contributed by atoms with Crippen LogP contribution >= 0.6 is 0 Å². The van der Waals surface area contributed by atoms with Gasteiger partial charge < -0.3 is 19.4 Å². The first-order chi connectivity index (χ1) is 12.9. The van der Waals surface area contributed by atoms with Crippen LogP contribution in [0.3, 0.4) is 0 Å². The molecule has 142 valence electrons. The van der Waals surface area contributed by atoms with E-state index in [1.807, 2.05) is 19.9 Å². The summed E-state index contributed by atoms with van der Waals surface area (Å²) in [7, 11) is 0. The molecule has 1 saturated carbocycles. The third kappa shape index (κ3) is 3.35. The molecule has 1 aliphatic carbocycles. The van der Waals surface area contributed by atoms with E-state index in [0.29, 0.717) is 40.9 Å². The Hall–Kier alpha value is -2.67.